The maximum Gasteiger partial charge on any atom is 0.229 e. The molecule has 2 aliphatic heterocycles. The van der Waals surface area contributed by atoms with Crippen molar-refractivity contribution < 1.29 is 9.59 Å². The molecule has 0 unspecified atom stereocenters. The van der Waals surface area contributed by atoms with Gasteiger partial charge in [-0.2, -0.15) is 0 Å². The zero-order valence-electron chi connectivity index (χ0n) is 14.5. The lowest BCUT2D eigenvalue weighted by Crippen LogP contribution is -2.33. The zero-order valence-corrected chi connectivity index (χ0v) is 14.5. The second kappa shape index (κ2) is 7.20. The fourth-order valence-electron chi connectivity index (χ4n) is 3.42. The molecule has 0 saturated carbocycles. The van der Waals surface area contributed by atoms with E-state index in [1.165, 1.54) is 19.3 Å². The molecule has 3 heterocycles. The molecule has 6 nitrogen and oxygen atoms in total. The summed E-state index contributed by atoms with van der Waals surface area (Å²) in [5, 5.41) is 2.90. The van der Waals surface area contributed by atoms with Gasteiger partial charge in [0.1, 0.15) is 5.82 Å². The van der Waals surface area contributed by atoms with Crippen LogP contribution in [0.3, 0.4) is 0 Å². The lowest BCUT2D eigenvalue weighted by Gasteiger charge is -2.27. The third kappa shape index (κ3) is 3.68. The van der Waals surface area contributed by atoms with Gasteiger partial charge in [0.15, 0.2) is 0 Å². The molecule has 1 aromatic heterocycles. The fourth-order valence-corrected chi connectivity index (χ4v) is 3.42. The maximum absolute atomic E-state index is 12.4. The van der Waals surface area contributed by atoms with Crippen LogP contribution in [0.5, 0.6) is 0 Å². The summed E-state index contributed by atoms with van der Waals surface area (Å²) < 4.78 is 0. The Morgan fingerprint density at radius 1 is 1.25 bits per heavy atom. The highest BCUT2D eigenvalue weighted by Gasteiger charge is 2.35. The summed E-state index contributed by atoms with van der Waals surface area (Å²) in [6.07, 6.45) is 5.71. The summed E-state index contributed by atoms with van der Waals surface area (Å²) in [5.74, 6) is 0.652. The Bertz CT molecular complexity index is 594. The van der Waals surface area contributed by atoms with E-state index in [1.54, 1.807) is 11.1 Å². The number of rotatable bonds is 4. The summed E-state index contributed by atoms with van der Waals surface area (Å²) in [6.45, 7) is 6.55. The van der Waals surface area contributed by atoms with Crippen molar-refractivity contribution in [1.82, 2.24) is 9.88 Å². The number of aromatic nitrogens is 1. The van der Waals surface area contributed by atoms with Gasteiger partial charge in [-0.3, -0.25) is 9.59 Å². The number of piperidine rings is 1. The molecule has 3 rings (SSSR count). The molecule has 2 aliphatic rings. The molecule has 0 radical (unpaired) electrons. The molecule has 0 aliphatic carbocycles. The number of carbonyl (C=O) groups excluding carboxylic acids is 2. The van der Waals surface area contributed by atoms with Crippen LogP contribution in [0.1, 0.15) is 39.5 Å². The number of carbonyl (C=O) groups is 2. The van der Waals surface area contributed by atoms with Crippen LogP contribution >= 0.6 is 0 Å². The van der Waals surface area contributed by atoms with E-state index in [2.05, 4.69) is 15.2 Å². The van der Waals surface area contributed by atoms with Gasteiger partial charge in [0.05, 0.1) is 17.8 Å². The molecule has 2 fully saturated rings. The van der Waals surface area contributed by atoms with Crippen LogP contribution in [-0.4, -0.2) is 47.4 Å². The van der Waals surface area contributed by atoms with Gasteiger partial charge in [-0.1, -0.05) is 0 Å². The maximum atomic E-state index is 12.4. The number of amides is 2. The molecule has 0 aromatic carbocycles. The first-order valence-corrected chi connectivity index (χ1v) is 8.86. The highest BCUT2D eigenvalue weighted by atomic mass is 16.2. The van der Waals surface area contributed by atoms with Crippen molar-refractivity contribution in [2.24, 2.45) is 5.92 Å². The third-order valence-electron chi connectivity index (χ3n) is 4.85. The molecular weight excluding hydrogens is 304 g/mol. The second-order valence-electron chi connectivity index (χ2n) is 6.98. The molecule has 2 saturated heterocycles. The molecule has 6 heteroatoms. The van der Waals surface area contributed by atoms with Crippen molar-refractivity contribution in [3.05, 3.63) is 18.3 Å². The zero-order chi connectivity index (χ0) is 17.1. The summed E-state index contributed by atoms with van der Waals surface area (Å²) >= 11 is 0. The number of anilines is 2. The highest BCUT2D eigenvalue weighted by molar-refractivity contribution is 5.97. The summed E-state index contributed by atoms with van der Waals surface area (Å²) in [7, 11) is 0. The molecule has 0 bridgehead atoms. The highest BCUT2D eigenvalue weighted by Crippen LogP contribution is 2.23. The van der Waals surface area contributed by atoms with Gasteiger partial charge in [-0.15, -0.1) is 0 Å². The van der Waals surface area contributed by atoms with Gasteiger partial charge >= 0.3 is 0 Å². The Balaban J connectivity index is 1.58. The van der Waals surface area contributed by atoms with E-state index in [0.717, 1.165) is 18.9 Å². The first-order valence-electron chi connectivity index (χ1n) is 8.86. The third-order valence-corrected chi connectivity index (χ3v) is 4.85. The minimum Gasteiger partial charge on any atom is -0.357 e. The van der Waals surface area contributed by atoms with E-state index < -0.39 is 0 Å². The van der Waals surface area contributed by atoms with Crippen molar-refractivity contribution in [2.45, 2.75) is 45.6 Å². The summed E-state index contributed by atoms with van der Waals surface area (Å²) in [4.78, 5) is 32.8. The van der Waals surface area contributed by atoms with Crippen LogP contribution in [0.2, 0.25) is 0 Å². The van der Waals surface area contributed by atoms with Gasteiger partial charge < -0.3 is 15.1 Å². The average molecular weight is 330 g/mol. The van der Waals surface area contributed by atoms with Gasteiger partial charge in [-0.25, -0.2) is 4.98 Å². The van der Waals surface area contributed by atoms with Crippen molar-refractivity contribution in [2.75, 3.05) is 29.9 Å². The first kappa shape index (κ1) is 16.7. The molecule has 1 atom stereocenters. The summed E-state index contributed by atoms with van der Waals surface area (Å²) in [5.41, 5.74) is 0.691. The van der Waals surface area contributed by atoms with E-state index in [-0.39, 0.29) is 23.8 Å². The Labute approximate surface area is 143 Å². The van der Waals surface area contributed by atoms with Gasteiger partial charge in [0, 0.05) is 32.1 Å². The van der Waals surface area contributed by atoms with Crippen molar-refractivity contribution in [3.8, 4) is 0 Å². The van der Waals surface area contributed by atoms with Gasteiger partial charge in [-0.05, 0) is 45.2 Å². The molecule has 2 amide bonds. The Morgan fingerprint density at radius 2 is 2.00 bits per heavy atom. The van der Waals surface area contributed by atoms with E-state index in [1.807, 2.05) is 26.0 Å². The monoisotopic (exact) mass is 330 g/mol. The lowest BCUT2D eigenvalue weighted by molar-refractivity contribution is -0.129. The van der Waals surface area contributed by atoms with Gasteiger partial charge in [0.25, 0.3) is 0 Å². The predicted octanol–water partition coefficient (Wildman–Crippen LogP) is 2.27. The lowest BCUT2D eigenvalue weighted by atomic mass is 10.1. The largest absolute Gasteiger partial charge is 0.357 e. The van der Waals surface area contributed by atoms with Crippen LogP contribution in [0.15, 0.2) is 18.3 Å². The minimum atomic E-state index is -0.276. The van der Waals surface area contributed by atoms with E-state index >= 15 is 0 Å². The predicted molar refractivity (Wildman–Crippen MR) is 93.9 cm³/mol. The van der Waals surface area contributed by atoms with E-state index in [0.29, 0.717) is 18.7 Å². The molecule has 1 N–H and O–H groups in total. The van der Waals surface area contributed by atoms with Crippen LogP contribution in [-0.2, 0) is 9.59 Å². The minimum absolute atomic E-state index is 0.0590. The van der Waals surface area contributed by atoms with Crippen LogP contribution in [0.4, 0.5) is 11.5 Å². The standard InChI is InChI=1S/C18H26N4O2/c1-13(2)22-12-14(10-17(22)23)18(24)20-15-6-7-16(19-11-15)21-8-4-3-5-9-21/h6-7,11,13-14H,3-5,8-10,12H2,1-2H3,(H,20,24)/t14-/m0/s1. The van der Waals surface area contributed by atoms with E-state index in [4.69, 9.17) is 0 Å². The second-order valence-corrected chi connectivity index (χ2v) is 6.98. The normalized spacial score (nSPS) is 21.5. The first-order chi connectivity index (χ1) is 11.5. The average Bonchev–Trinajstić information content (AvgIpc) is 2.99. The smallest absolute Gasteiger partial charge is 0.229 e. The number of hydrogen-bond acceptors (Lipinski definition) is 4. The Morgan fingerprint density at radius 3 is 2.58 bits per heavy atom. The molecule has 1 aromatic rings. The molecule has 0 spiro atoms. The van der Waals surface area contributed by atoms with E-state index in [9.17, 15) is 9.59 Å². The van der Waals surface area contributed by atoms with Crippen LogP contribution < -0.4 is 10.2 Å². The van der Waals surface area contributed by atoms with Crippen molar-refractivity contribution in [1.29, 1.82) is 0 Å². The quantitative estimate of drug-likeness (QED) is 0.920. The molecule has 130 valence electrons. The Kier molecular flexibility index (Phi) is 5.02. The fraction of sp³-hybridized carbons (Fsp3) is 0.611. The Hall–Kier alpha value is -2.11. The molecular formula is C18H26N4O2. The van der Waals surface area contributed by atoms with Crippen molar-refractivity contribution >= 4 is 23.3 Å². The van der Waals surface area contributed by atoms with Crippen molar-refractivity contribution in [3.63, 3.8) is 0 Å². The number of nitrogens with one attached hydrogen (secondary N) is 1. The van der Waals surface area contributed by atoms with Gasteiger partial charge in [0.2, 0.25) is 11.8 Å². The summed E-state index contributed by atoms with van der Waals surface area (Å²) in [6, 6.07) is 3.99. The molecule has 24 heavy (non-hydrogen) atoms. The van der Waals surface area contributed by atoms with Crippen LogP contribution in [0, 0.1) is 5.92 Å². The van der Waals surface area contributed by atoms with Crippen LogP contribution in [0.25, 0.3) is 0 Å². The number of nitrogens with zero attached hydrogens (tertiary/aromatic N) is 3. The number of hydrogen-bond donors (Lipinski definition) is 1. The topological polar surface area (TPSA) is 65.5 Å². The SMILES string of the molecule is CC(C)N1C[C@@H](C(=O)Nc2ccc(N3CCCCC3)nc2)CC1=O. The number of likely N-dealkylation sites (tertiary alicyclic amines) is 1. The number of pyridine rings is 1.